The SMILES string of the molecule is CN1CCCN(S(=O)(=O)c2cccc(C(=O)N3CC[C@H](CN)C3)c2)CC1. The van der Waals surface area contributed by atoms with Gasteiger partial charge < -0.3 is 15.5 Å². The third kappa shape index (κ3) is 4.09. The molecule has 0 radical (unpaired) electrons. The van der Waals surface area contributed by atoms with Crippen molar-refractivity contribution in [1.82, 2.24) is 14.1 Å². The largest absolute Gasteiger partial charge is 0.338 e. The summed E-state index contributed by atoms with van der Waals surface area (Å²) >= 11 is 0. The average molecular weight is 381 g/mol. The van der Waals surface area contributed by atoms with Gasteiger partial charge in [-0.2, -0.15) is 4.31 Å². The van der Waals surface area contributed by atoms with Gasteiger partial charge in [-0.3, -0.25) is 4.79 Å². The van der Waals surface area contributed by atoms with Crippen LogP contribution in [-0.2, 0) is 10.0 Å². The van der Waals surface area contributed by atoms with E-state index in [4.69, 9.17) is 5.73 Å². The summed E-state index contributed by atoms with van der Waals surface area (Å²) in [5.41, 5.74) is 6.12. The van der Waals surface area contributed by atoms with Crippen LogP contribution in [0, 0.1) is 5.92 Å². The molecule has 2 aliphatic heterocycles. The third-order valence-corrected chi connectivity index (χ3v) is 7.20. The number of likely N-dealkylation sites (N-methyl/N-ethyl adjacent to an activating group) is 1. The van der Waals surface area contributed by atoms with Crippen molar-refractivity contribution < 1.29 is 13.2 Å². The first-order valence-electron chi connectivity index (χ1n) is 9.20. The van der Waals surface area contributed by atoms with Crippen molar-refractivity contribution in [3.05, 3.63) is 29.8 Å². The molecule has 0 spiro atoms. The Morgan fingerprint density at radius 3 is 2.73 bits per heavy atom. The first kappa shape index (κ1) is 19.3. The second kappa shape index (κ2) is 8.04. The van der Waals surface area contributed by atoms with Crippen molar-refractivity contribution in [2.24, 2.45) is 11.7 Å². The highest BCUT2D eigenvalue weighted by molar-refractivity contribution is 7.89. The smallest absolute Gasteiger partial charge is 0.253 e. The molecular weight excluding hydrogens is 352 g/mol. The highest BCUT2D eigenvalue weighted by Gasteiger charge is 2.29. The molecule has 3 rings (SSSR count). The standard InChI is InChI=1S/C18H28N4O3S/c1-20-7-3-8-22(11-10-20)26(24,25)17-5-2-4-16(12-17)18(23)21-9-6-15(13-19)14-21/h2,4-5,12,15H,3,6-11,13-14,19H2,1H3/t15-/m1/s1. The maximum Gasteiger partial charge on any atom is 0.253 e. The second-order valence-corrected chi connectivity index (χ2v) is 9.17. The molecule has 1 atom stereocenters. The van der Waals surface area contributed by atoms with E-state index in [1.807, 2.05) is 7.05 Å². The van der Waals surface area contributed by atoms with Gasteiger partial charge in [0.15, 0.2) is 0 Å². The van der Waals surface area contributed by atoms with Crippen LogP contribution >= 0.6 is 0 Å². The molecule has 0 saturated carbocycles. The molecule has 1 amide bonds. The first-order valence-corrected chi connectivity index (χ1v) is 10.6. The highest BCUT2D eigenvalue weighted by Crippen LogP contribution is 2.22. The molecule has 2 N–H and O–H groups in total. The average Bonchev–Trinajstić information content (AvgIpc) is 3.02. The number of nitrogens with zero attached hydrogens (tertiary/aromatic N) is 3. The molecular formula is C18H28N4O3S. The third-order valence-electron chi connectivity index (χ3n) is 5.30. The predicted molar refractivity (Wildman–Crippen MR) is 100 cm³/mol. The van der Waals surface area contributed by atoms with Crippen LogP contribution in [0.5, 0.6) is 0 Å². The summed E-state index contributed by atoms with van der Waals surface area (Å²) in [5.74, 6) is 0.216. The van der Waals surface area contributed by atoms with Crippen molar-refractivity contribution in [2.75, 3.05) is 52.9 Å². The summed E-state index contributed by atoms with van der Waals surface area (Å²) in [7, 11) is -1.59. The lowest BCUT2D eigenvalue weighted by molar-refractivity contribution is 0.0787. The van der Waals surface area contributed by atoms with E-state index >= 15 is 0 Å². The number of carbonyl (C=O) groups excluding carboxylic acids is 1. The number of hydrogen-bond donors (Lipinski definition) is 1. The fourth-order valence-electron chi connectivity index (χ4n) is 3.59. The molecule has 2 heterocycles. The molecule has 0 aliphatic carbocycles. The van der Waals surface area contributed by atoms with Gasteiger partial charge in [0.25, 0.3) is 5.91 Å². The zero-order valence-electron chi connectivity index (χ0n) is 15.3. The molecule has 8 heteroatoms. The van der Waals surface area contributed by atoms with Gasteiger partial charge in [0.1, 0.15) is 0 Å². The van der Waals surface area contributed by atoms with Gasteiger partial charge in [0.05, 0.1) is 4.90 Å². The summed E-state index contributed by atoms with van der Waals surface area (Å²) in [6.07, 6.45) is 1.71. The maximum atomic E-state index is 13.0. The number of likely N-dealkylation sites (tertiary alicyclic amines) is 1. The lowest BCUT2D eigenvalue weighted by atomic mass is 10.1. The lowest BCUT2D eigenvalue weighted by Gasteiger charge is -2.21. The minimum absolute atomic E-state index is 0.117. The van der Waals surface area contributed by atoms with Gasteiger partial charge in [0, 0.05) is 38.3 Å². The van der Waals surface area contributed by atoms with Crippen molar-refractivity contribution >= 4 is 15.9 Å². The molecule has 1 aromatic carbocycles. The summed E-state index contributed by atoms with van der Waals surface area (Å²) in [4.78, 5) is 16.8. The summed E-state index contributed by atoms with van der Waals surface area (Å²) in [6.45, 7) is 4.48. The highest BCUT2D eigenvalue weighted by atomic mass is 32.2. The van der Waals surface area contributed by atoms with Crippen molar-refractivity contribution in [3.8, 4) is 0 Å². The molecule has 1 aromatic rings. The van der Waals surface area contributed by atoms with E-state index in [1.54, 1.807) is 23.1 Å². The van der Waals surface area contributed by atoms with Crippen LogP contribution in [0.4, 0.5) is 0 Å². The number of nitrogens with two attached hydrogens (primary N) is 1. The summed E-state index contributed by atoms with van der Waals surface area (Å²) in [5, 5.41) is 0. The van der Waals surface area contributed by atoms with Crippen LogP contribution in [0.1, 0.15) is 23.2 Å². The Hall–Kier alpha value is -1.48. The molecule has 0 unspecified atom stereocenters. The maximum absolute atomic E-state index is 13.0. The van der Waals surface area contributed by atoms with Crippen LogP contribution in [0.25, 0.3) is 0 Å². The molecule has 144 valence electrons. The first-order chi connectivity index (χ1) is 12.4. The van der Waals surface area contributed by atoms with Gasteiger partial charge in [-0.15, -0.1) is 0 Å². The number of sulfonamides is 1. The zero-order chi connectivity index (χ0) is 18.7. The fourth-order valence-corrected chi connectivity index (χ4v) is 5.11. The topological polar surface area (TPSA) is 87.0 Å². The monoisotopic (exact) mass is 380 g/mol. The number of amides is 1. The van der Waals surface area contributed by atoms with Gasteiger partial charge in [0.2, 0.25) is 10.0 Å². The zero-order valence-corrected chi connectivity index (χ0v) is 16.1. The Morgan fingerprint density at radius 2 is 2.00 bits per heavy atom. The number of benzene rings is 1. The van der Waals surface area contributed by atoms with Crippen molar-refractivity contribution in [2.45, 2.75) is 17.7 Å². The van der Waals surface area contributed by atoms with Gasteiger partial charge in [-0.1, -0.05) is 6.07 Å². The minimum Gasteiger partial charge on any atom is -0.338 e. The van der Waals surface area contributed by atoms with Crippen molar-refractivity contribution in [1.29, 1.82) is 0 Å². The normalized spacial score (nSPS) is 23.2. The molecule has 0 bridgehead atoms. The number of carbonyl (C=O) groups is 1. The summed E-state index contributed by atoms with van der Waals surface area (Å²) < 4.78 is 27.5. The molecule has 26 heavy (non-hydrogen) atoms. The Balaban J connectivity index is 1.79. The molecule has 0 aromatic heterocycles. The Kier molecular flexibility index (Phi) is 5.96. The molecule has 2 saturated heterocycles. The quantitative estimate of drug-likeness (QED) is 0.819. The molecule has 2 aliphatic rings. The van der Waals surface area contributed by atoms with Crippen molar-refractivity contribution in [3.63, 3.8) is 0 Å². The lowest BCUT2D eigenvalue weighted by Crippen LogP contribution is -2.35. The van der Waals surface area contributed by atoms with E-state index in [0.717, 1.165) is 19.4 Å². The van der Waals surface area contributed by atoms with Gasteiger partial charge >= 0.3 is 0 Å². The van der Waals surface area contributed by atoms with Crippen LogP contribution in [0.2, 0.25) is 0 Å². The van der Waals surface area contributed by atoms with E-state index in [1.165, 1.54) is 10.4 Å². The van der Waals surface area contributed by atoms with E-state index in [9.17, 15) is 13.2 Å². The van der Waals surface area contributed by atoms with E-state index in [-0.39, 0.29) is 10.8 Å². The van der Waals surface area contributed by atoms with Crippen LogP contribution in [-0.4, -0.2) is 81.3 Å². The van der Waals surface area contributed by atoms with E-state index in [0.29, 0.717) is 50.7 Å². The predicted octanol–water partition coefficient (Wildman–Crippen LogP) is 0.434. The Bertz CT molecular complexity index is 753. The minimum atomic E-state index is -3.59. The Labute approximate surface area is 155 Å². The molecule has 7 nitrogen and oxygen atoms in total. The summed E-state index contributed by atoms with van der Waals surface area (Å²) in [6, 6.07) is 6.43. The van der Waals surface area contributed by atoms with Gasteiger partial charge in [-0.25, -0.2) is 8.42 Å². The van der Waals surface area contributed by atoms with E-state index < -0.39 is 10.0 Å². The fraction of sp³-hybridized carbons (Fsp3) is 0.611. The van der Waals surface area contributed by atoms with Crippen LogP contribution < -0.4 is 5.73 Å². The second-order valence-electron chi connectivity index (χ2n) is 7.23. The van der Waals surface area contributed by atoms with Crippen LogP contribution in [0.15, 0.2) is 29.2 Å². The van der Waals surface area contributed by atoms with E-state index in [2.05, 4.69) is 4.90 Å². The molecule has 2 fully saturated rings. The Morgan fingerprint density at radius 1 is 1.19 bits per heavy atom. The number of hydrogen-bond acceptors (Lipinski definition) is 5. The van der Waals surface area contributed by atoms with Gasteiger partial charge in [-0.05, 0) is 57.1 Å². The number of rotatable bonds is 4. The van der Waals surface area contributed by atoms with Crippen LogP contribution in [0.3, 0.4) is 0 Å².